The van der Waals surface area contributed by atoms with Gasteiger partial charge in [-0.1, -0.05) is 6.07 Å². The number of aromatic nitrogens is 1. The lowest BCUT2D eigenvalue weighted by atomic mass is 10.1. The normalized spacial score (nSPS) is 19.1. The van der Waals surface area contributed by atoms with Crippen LogP contribution in [0, 0.1) is 0 Å². The first kappa shape index (κ1) is 11.7. The van der Waals surface area contributed by atoms with E-state index in [1.807, 2.05) is 0 Å². The summed E-state index contributed by atoms with van der Waals surface area (Å²) in [6.45, 7) is 4.43. The van der Waals surface area contributed by atoms with Crippen LogP contribution in [0.1, 0.15) is 24.1 Å². The quantitative estimate of drug-likeness (QED) is 0.810. The summed E-state index contributed by atoms with van der Waals surface area (Å²) in [4.78, 5) is 7.19. The molecule has 3 nitrogen and oxygen atoms in total. The van der Waals surface area contributed by atoms with E-state index < -0.39 is 0 Å². The molecule has 0 saturated carbocycles. The molecule has 2 aliphatic heterocycles. The summed E-state index contributed by atoms with van der Waals surface area (Å²) in [5.74, 6) is 1.19. The Morgan fingerprint density at radius 3 is 2.81 bits per heavy atom. The van der Waals surface area contributed by atoms with Gasteiger partial charge in [0.15, 0.2) is 0 Å². The van der Waals surface area contributed by atoms with E-state index >= 15 is 0 Å². The summed E-state index contributed by atoms with van der Waals surface area (Å²) in [6.07, 6.45) is 3.72. The molecule has 1 N–H and O–H groups in total. The number of fused-ring (bicyclic) bond motifs is 1. The van der Waals surface area contributed by atoms with Gasteiger partial charge in [-0.25, -0.2) is 4.98 Å². The molecular weight excluding hydrogens is 222 g/mol. The minimum absolute atomic E-state index is 0. The first-order chi connectivity index (χ1) is 7.43. The van der Waals surface area contributed by atoms with E-state index in [-0.39, 0.29) is 12.4 Å². The standard InChI is InChI=1S/C12H17N3.ClH/c1-2-8-15(7-1)12-4-3-10-9-13-6-5-11(10)14-12;/h3-4,13H,1-2,5-9H2;1H. The predicted octanol–water partition coefficient (Wildman–Crippen LogP) is 1.75. The number of pyridine rings is 1. The van der Waals surface area contributed by atoms with E-state index in [1.165, 1.54) is 43.0 Å². The van der Waals surface area contributed by atoms with Gasteiger partial charge in [-0.15, -0.1) is 12.4 Å². The molecule has 2 aliphatic rings. The lowest BCUT2D eigenvalue weighted by Gasteiger charge is -2.21. The van der Waals surface area contributed by atoms with Crippen molar-refractivity contribution in [1.29, 1.82) is 0 Å². The molecule has 0 radical (unpaired) electrons. The average molecular weight is 240 g/mol. The highest BCUT2D eigenvalue weighted by Gasteiger charge is 2.16. The Labute approximate surface area is 103 Å². The molecule has 1 saturated heterocycles. The Bertz CT molecular complexity index is 361. The van der Waals surface area contributed by atoms with Crippen LogP contribution < -0.4 is 10.2 Å². The molecule has 0 bridgehead atoms. The van der Waals surface area contributed by atoms with Crippen molar-refractivity contribution in [3.05, 3.63) is 23.4 Å². The van der Waals surface area contributed by atoms with Gasteiger partial charge in [-0.3, -0.25) is 0 Å². The van der Waals surface area contributed by atoms with Crippen LogP contribution in [0.3, 0.4) is 0 Å². The van der Waals surface area contributed by atoms with Gasteiger partial charge in [0.25, 0.3) is 0 Å². The molecule has 1 aromatic heterocycles. The van der Waals surface area contributed by atoms with Crippen LogP contribution in [0.25, 0.3) is 0 Å². The molecule has 0 atom stereocenters. The Hall–Kier alpha value is -0.800. The Morgan fingerprint density at radius 1 is 1.19 bits per heavy atom. The van der Waals surface area contributed by atoms with E-state index in [4.69, 9.17) is 4.98 Å². The van der Waals surface area contributed by atoms with Gasteiger partial charge in [0.2, 0.25) is 0 Å². The van der Waals surface area contributed by atoms with Crippen molar-refractivity contribution in [3.8, 4) is 0 Å². The van der Waals surface area contributed by atoms with Crippen molar-refractivity contribution < 1.29 is 0 Å². The number of nitrogens with one attached hydrogen (secondary N) is 1. The largest absolute Gasteiger partial charge is 0.357 e. The minimum Gasteiger partial charge on any atom is -0.357 e. The maximum absolute atomic E-state index is 4.78. The third-order valence-electron chi connectivity index (χ3n) is 3.34. The Balaban J connectivity index is 0.000000963. The van der Waals surface area contributed by atoms with Crippen molar-refractivity contribution in [3.63, 3.8) is 0 Å². The monoisotopic (exact) mass is 239 g/mol. The fourth-order valence-electron chi connectivity index (χ4n) is 2.45. The lowest BCUT2D eigenvalue weighted by molar-refractivity contribution is 0.629. The molecule has 4 heteroatoms. The van der Waals surface area contributed by atoms with Crippen LogP contribution in [-0.4, -0.2) is 24.6 Å². The predicted molar refractivity (Wildman–Crippen MR) is 68.3 cm³/mol. The highest BCUT2D eigenvalue weighted by atomic mass is 35.5. The third-order valence-corrected chi connectivity index (χ3v) is 3.34. The summed E-state index contributed by atoms with van der Waals surface area (Å²) in [7, 11) is 0. The van der Waals surface area contributed by atoms with Gasteiger partial charge >= 0.3 is 0 Å². The van der Waals surface area contributed by atoms with E-state index in [0.29, 0.717) is 0 Å². The fourth-order valence-corrected chi connectivity index (χ4v) is 2.45. The number of hydrogen-bond donors (Lipinski definition) is 1. The number of halogens is 1. The zero-order valence-corrected chi connectivity index (χ0v) is 10.2. The number of anilines is 1. The summed E-state index contributed by atoms with van der Waals surface area (Å²) in [6, 6.07) is 4.42. The average Bonchev–Trinajstić information content (AvgIpc) is 2.82. The molecular formula is C12H18ClN3. The van der Waals surface area contributed by atoms with Crippen LogP contribution in [0.15, 0.2) is 12.1 Å². The van der Waals surface area contributed by atoms with Crippen molar-refractivity contribution in [2.75, 3.05) is 24.5 Å². The molecule has 0 aliphatic carbocycles. The molecule has 0 spiro atoms. The third kappa shape index (κ3) is 2.15. The van der Waals surface area contributed by atoms with Gasteiger partial charge in [0.1, 0.15) is 5.82 Å². The van der Waals surface area contributed by atoms with Crippen molar-refractivity contribution in [2.45, 2.75) is 25.8 Å². The van der Waals surface area contributed by atoms with Crippen LogP contribution >= 0.6 is 12.4 Å². The first-order valence-electron chi connectivity index (χ1n) is 5.88. The highest BCUT2D eigenvalue weighted by molar-refractivity contribution is 5.85. The van der Waals surface area contributed by atoms with Crippen LogP contribution in [-0.2, 0) is 13.0 Å². The van der Waals surface area contributed by atoms with Crippen molar-refractivity contribution in [1.82, 2.24) is 10.3 Å². The zero-order chi connectivity index (χ0) is 10.1. The summed E-state index contributed by atoms with van der Waals surface area (Å²) < 4.78 is 0. The lowest BCUT2D eigenvalue weighted by Crippen LogP contribution is -2.26. The number of hydrogen-bond acceptors (Lipinski definition) is 3. The molecule has 3 rings (SSSR count). The molecule has 88 valence electrons. The van der Waals surface area contributed by atoms with Gasteiger partial charge in [0, 0.05) is 38.3 Å². The van der Waals surface area contributed by atoms with Crippen molar-refractivity contribution in [2.24, 2.45) is 0 Å². The molecule has 0 unspecified atom stereocenters. The van der Waals surface area contributed by atoms with Gasteiger partial charge < -0.3 is 10.2 Å². The molecule has 0 amide bonds. The second-order valence-corrected chi connectivity index (χ2v) is 4.40. The topological polar surface area (TPSA) is 28.2 Å². The Morgan fingerprint density at radius 2 is 2.00 bits per heavy atom. The van der Waals surface area contributed by atoms with Crippen molar-refractivity contribution >= 4 is 18.2 Å². The Kier molecular flexibility index (Phi) is 3.66. The molecule has 1 aromatic rings. The smallest absolute Gasteiger partial charge is 0.128 e. The maximum atomic E-state index is 4.78. The minimum atomic E-state index is 0. The number of nitrogens with zero attached hydrogens (tertiary/aromatic N) is 2. The summed E-state index contributed by atoms with van der Waals surface area (Å²) in [5.41, 5.74) is 2.68. The molecule has 16 heavy (non-hydrogen) atoms. The van der Waals surface area contributed by atoms with E-state index in [2.05, 4.69) is 22.3 Å². The molecule has 1 fully saturated rings. The zero-order valence-electron chi connectivity index (χ0n) is 9.41. The molecule has 3 heterocycles. The van der Waals surface area contributed by atoms with Gasteiger partial charge in [0.05, 0.1) is 0 Å². The van der Waals surface area contributed by atoms with Gasteiger partial charge in [-0.2, -0.15) is 0 Å². The number of rotatable bonds is 1. The SMILES string of the molecule is Cl.c1cc2c(nc1N1CCCC1)CCNC2. The summed E-state index contributed by atoms with van der Waals surface area (Å²) in [5, 5.41) is 3.38. The second-order valence-electron chi connectivity index (χ2n) is 4.40. The second kappa shape index (κ2) is 5.02. The maximum Gasteiger partial charge on any atom is 0.128 e. The first-order valence-corrected chi connectivity index (χ1v) is 5.88. The van der Waals surface area contributed by atoms with E-state index in [0.717, 1.165) is 19.5 Å². The summed E-state index contributed by atoms with van der Waals surface area (Å²) >= 11 is 0. The highest BCUT2D eigenvalue weighted by Crippen LogP contribution is 2.21. The van der Waals surface area contributed by atoms with Crippen LogP contribution in [0.5, 0.6) is 0 Å². The van der Waals surface area contributed by atoms with Crippen LogP contribution in [0.4, 0.5) is 5.82 Å². The van der Waals surface area contributed by atoms with Crippen LogP contribution in [0.2, 0.25) is 0 Å². The molecule has 0 aromatic carbocycles. The van der Waals surface area contributed by atoms with Gasteiger partial charge in [-0.05, 0) is 24.5 Å². The fraction of sp³-hybridized carbons (Fsp3) is 0.583. The van der Waals surface area contributed by atoms with E-state index in [1.54, 1.807) is 0 Å². The van der Waals surface area contributed by atoms with E-state index in [9.17, 15) is 0 Å².